The van der Waals surface area contributed by atoms with Gasteiger partial charge in [-0.25, -0.2) is 4.98 Å². The third-order valence-electron chi connectivity index (χ3n) is 2.30. The van der Waals surface area contributed by atoms with E-state index < -0.39 is 0 Å². The number of thiazole rings is 1. The van der Waals surface area contributed by atoms with Crippen molar-refractivity contribution in [2.24, 2.45) is 5.73 Å². The Hall–Kier alpha value is -1.10. The normalized spacial score (nSPS) is 10.5. The summed E-state index contributed by atoms with van der Waals surface area (Å²) in [5, 5.41) is 1.62. The minimum Gasteiger partial charge on any atom is -0.486 e. The Bertz CT molecular complexity index is 513. The quantitative estimate of drug-likeness (QED) is 0.927. The highest BCUT2D eigenvalue weighted by atomic mass is 35.5. The molecular formula is C12H13ClN2OS. The van der Waals surface area contributed by atoms with Crippen LogP contribution in [0.3, 0.4) is 0 Å². The van der Waals surface area contributed by atoms with Crippen LogP contribution >= 0.6 is 22.9 Å². The van der Waals surface area contributed by atoms with Gasteiger partial charge in [-0.15, -0.1) is 11.3 Å². The van der Waals surface area contributed by atoms with Crippen LogP contribution in [0.2, 0.25) is 5.02 Å². The van der Waals surface area contributed by atoms with E-state index in [0.29, 0.717) is 23.9 Å². The van der Waals surface area contributed by atoms with Crippen LogP contribution in [-0.4, -0.2) is 4.98 Å². The Morgan fingerprint density at radius 1 is 1.47 bits per heavy atom. The molecule has 0 bridgehead atoms. The topological polar surface area (TPSA) is 48.1 Å². The summed E-state index contributed by atoms with van der Waals surface area (Å²) in [4.78, 5) is 5.25. The molecular weight excluding hydrogens is 256 g/mol. The van der Waals surface area contributed by atoms with Gasteiger partial charge in [-0.1, -0.05) is 23.7 Å². The number of rotatable bonds is 4. The largest absolute Gasteiger partial charge is 0.486 e. The summed E-state index contributed by atoms with van der Waals surface area (Å²) in [5.74, 6) is 0.669. The van der Waals surface area contributed by atoms with E-state index in [1.807, 2.05) is 25.3 Å². The fraction of sp³-hybridized carbons (Fsp3) is 0.250. The molecule has 0 saturated carbocycles. The first kappa shape index (κ1) is 12.4. The number of ether oxygens (including phenoxy) is 1. The number of hydrogen-bond donors (Lipinski definition) is 1. The Morgan fingerprint density at radius 2 is 2.29 bits per heavy atom. The van der Waals surface area contributed by atoms with Gasteiger partial charge in [-0.05, 0) is 13.0 Å². The monoisotopic (exact) mass is 268 g/mol. The van der Waals surface area contributed by atoms with Crippen molar-refractivity contribution in [3.8, 4) is 5.75 Å². The van der Waals surface area contributed by atoms with Crippen molar-refractivity contribution in [3.05, 3.63) is 44.9 Å². The Labute approximate surface area is 109 Å². The van der Waals surface area contributed by atoms with Gasteiger partial charge in [0, 0.05) is 18.3 Å². The average Bonchev–Trinajstić information content (AvgIpc) is 2.73. The molecule has 0 fully saturated rings. The minimum atomic E-state index is 0.414. The predicted molar refractivity (Wildman–Crippen MR) is 70.5 cm³/mol. The lowest BCUT2D eigenvalue weighted by atomic mass is 10.2. The molecule has 17 heavy (non-hydrogen) atoms. The zero-order chi connectivity index (χ0) is 12.3. The molecule has 0 amide bonds. The summed E-state index contributed by atoms with van der Waals surface area (Å²) < 4.78 is 5.72. The van der Waals surface area contributed by atoms with Crippen molar-refractivity contribution in [3.63, 3.8) is 0 Å². The molecule has 3 nitrogen and oxygen atoms in total. The van der Waals surface area contributed by atoms with Gasteiger partial charge in [-0.2, -0.15) is 0 Å². The second-order valence-corrected chi connectivity index (χ2v) is 5.29. The van der Waals surface area contributed by atoms with Crippen molar-refractivity contribution in [1.82, 2.24) is 4.98 Å². The van der Waals surface area contributed by atoms with E-state index in [-0.39, 0.29) is 0 Å². The molecule has 0 radical (unpaired) electrons. The van der Waals surface area contributed by atoms with Crippen LogP contribution in [0.1, 0.15) is 15.4 Å². The van der Waals surface area contributed by atoms with Crippen LogP contribution in [0.15, 0.2) is 24.4 Å². The van der Waals surface area contributed by atoms with Gasteiger partial charge in [0.15, 0.2) is 0 Å². The maximum Gasteiger partial charge on any atom is 0.142 e. The second-order valence-electron chi connectivity index (χ2n) is 3.57. The van der Waals surface area contributed by atoms with Gasteiger partial charge in [0.1, 0.15) is 12.4 Å². The molecule has 1 heterocycles. The number of nitrogens with zero attached hydrogens (tertiary/aromatic N) is 1. The number of aryl methyl sites for hydroxylation is 1. The van der Waals surface area contributed by atoms with Crippen LogP contribution < -0.4 is 10.5 Å². The van der Waals surface area contributed by atoms with E-state index in [1.54, 1.807) is 17.4 Å². The number of hydrogen-bond acceptors (Lipinski definition) is 4. The van der Waals surface area contributed by atoms with Crippen LogP contribution in [-0.2, 0) is 13.2 Å². The molecule has 0 atom stereocenters. The molecule has 2 aromatic rings. The first-order valence-corrected chi connectivity index (χ1v) is 6.41. The summed E-state index contributed by atoms with van der Waals surface area (Å²) >= 11 is 7.70. The van der Waals surface area contributed by atoms with E-state index in [0.717, 1.165) is 15.4 Å². The molecule has 2 rings (SSSR count). The Kier molecular flexibility index (Phi) is 3.99. The van der Waals surface area contributed by atoms with E-state index >= 15 is 0 Å². The van der Waals surface area contributed by atoms with Crippen molar-refractivity contribution >= 4 is 22.9 Å². The molecule has 1 aromatic heterocycles. The lowest BCUT2D eigenvalue weighted by molar-refractivity contribution is 0.306. The molecule has 0 aliphatic carbocycles. The molecule has 0 aliphatic rings. The minimum absolute atomic E-state index is 0.414. The Balaban J connectivity index is 2.13. The molecule has 0 unspecified atom stereocenters. The van der Waals surface area contributed by atoms with Crippen LogP contribution in [0.5, 0.6) is 5.75 Å². The molecule has 90 valence electrons. The third kappa shape index (κ3) is 2.97. The highest BCUT2D eigenvalue weighted by Crippen LogP contribution is 2.29. The number of halogens is 1. The third-order valence-corrected chi connectivity index (χ3v) is 3.48. The zero-order valence-electron chi connectivity index (χ0n) is 9.44. The zero-order valence-corrected chi connectivity index (χ0v) is 11.0. The van der Waals surface area contributed by atoms with E-state index in [9.17, 15) is 0 Å². The van der Waals surface area contributed by atoms with E-state index in [1.165, 1.54) is 0 Å². The summed E-state index contributed by atoms with van der Waals surface area (Å²) in [5.41, 5.74) is 6.56. The summed E-state index contributed by atoms with van der Waals surface area (Å²) in [6.07, 6.45) is 1.82. The fourth-order valence-electron chi connectivity index (χ4n) is 1.49. The number of nitrogens with two attached hydrogens (primary N) is 1. The van der Waals surface area contributed by atoms with E-state index in [4.69, 9.17) is 22.1 Å². The van der Waals surface area contributed by atoms with Crippen LogP contribution in [0, 0.1) is 6.92 Å². The van der Waals surface area contributed by atoms with Crippen molar-refractivity contribution in [2.75, 3.05) is 0 Å². The summed E-state index contributed by atoms with van der Waals surface area (Å²) in [6.45, 7) is 2.86. The van der Waals surface area contributed by atoms with Gasteiger partial charge in [0.2, 0.25) is 0 Å². The molecule has 2 N–H and O–H groups in total. The van der Waals surface area contributed by atoms with Crippen LogP contribution in [0.4, 0.5) is 0 Å². The maximum absolute atomic E-state index is 6.09. The summed E-state index contributed by atoms with van der Waals surface area (Å²) in [7, 11) is 0. The Morgan fingerprint density at radius 3 is 2.94 bits per heavy atom. The molecule has 0 aliphatic heterocycles. The number of benzene rings is 1. The van der Waals surface area contributed by atoms with Crippen molar-refractivity contribution in [1.29, 1.82) is 0 Å². The van der Waals surface area contributed by atoms with Gasteiger partial charge in [0.05, 0.1) is 14.9 Å². The smallest absolute Gasteiger partial charge is 0.142 e. The van der Waals surface area contributed by atoms with Crippen LogP contribution in [0.25, 0.3) is 0 Å². The first-order valence-electron chi connectivity index (χ1n) is 5.22. The highest BCUT2D eigenvalue weighted by molar-refractivity contribution is 7.11. The second kappa shape index (κ2) is 5.49. The summed E-state index contributed by atoms with van der Waals surface area (Å²) in [6, 6.07) is 5.58. The van der Waals surface area contributed by atoms with Gasteiger partial charge in [0.25, 0.3) is 0 Å². The van der Waals surface area contributed by atoms with Gasteiger partial charge < -0.3 is 10.5 Å². The predicted octanol–water partition coefficient (Wildman–Crippen LogP) is 3.14. The SMILES string of the molecule is Cc1ncc(COc2c(Cl)cccc2CN)s1. The maximum atomic E-state index is 6.09. The average molecular weight is 269 g/mol. The number of para-hydroxylation sites is 1. The number of aromatic nitrogens is 1. The lowest BCUT2D eigenvalue weighted by Crippen LogP contribution is -2.02. The standard InChI is InChI=1S/C12H13ClN2OS/c1-8-15-6-10(17-8)7-16-12-9(5-14)3-2-4-11(12)13/h2-4,6H,5,7,14H2,1H3. The first-order chi connectivity index (χ1) is 8.20. The van der Waals surface area contributed by atoms with E-state index in [2.05, 4.69) is 4.98 Å². The lowest BCUT2D eigenvalue weighted by Gasteiger charge is -2.10. The van der Waals surface area contributed by atoms with Crippen molar-refractivity contribution < 1.29 is 4.74 Å². The molecule has 0 spiro atoms. The van der Waals surface area contributed by atoms with Gasteiger partial charge >= 0.3 is 0 Å². The fourth-order valence-corrected chi connectivity index (χ4v) is 2.45. The molecule has 1 aromatic carbocycles. The van der Waals surface area contributed by atoms with Gasteiger partial charge in [-0.3, -0.25) is 0 Å². The molecule has 5 heteroatoms. The molecule has 0 saturated heterocycles. The van der Waals surface area contributed by atoms with Crippen molar-refractivity contribution in [2.45, 2.75) is 20.1 Å². The highest BCUT2D eigenvalue weighted by Gasteiger charge is 2.08.